The van der Waals surface area contributed by atoms with Crippen LogP contribution in [-0.2, 0) is 17.9 Å². The third kappa shape index (κ3) is 4.30. The zero-order valence-electron chi connectivity index (χ0n) is 12.7. The molecule has 0 saturated heterocycles. The minimum atomic E-state index is -0.335. The molecule has 1 amide bonds. The van der Waals surface area contributed by atoms with E-state index in [1.807, 2.05) is 24.3 Å². The number of amides is 1. The van der Waals surface area contributed by atoms with Gasteiger partial charge in [0.05, 0.1) is 7.11 Å². The number of methoxy groups -OCH3 is 1. The fourth-order valence-corrected chi connectivity index (χ4v) is 2.10. The molecule has 4 nitrogen and oxygen atoms in total. The number of carbonyl (C=O) groups is 1. The van der Waals surface area contributed by atoms with E-state index in [1.165, 1.54) is 14.0 Å². The first kappa shape index (κ1) is 16.0. The second-order valence-corrected chi connectivity index (χ2v) is 4.92. The number of nitrogens with one attached hydrogen (secondary N) is 2. The van der Waals surface area contributed by atoms with Crippen molar-refractivity contribution < 1.29 is 13.9 Å². The molecular formula is C17H19FN2O2. The van der Waals surface area contributed by atoms with Crippen LogP contribution in [0.5, 0.6) is 5.75 Å². The highest BCUT2D eigenvalue weighted by molar-refractivity contribution is 5.88. The van der Waals surface area contributed by atoms with Crippen molar-refractivity contribution in [2.45, 2.75) is 20.0 Å². The van der Waals surface area contributed by atoms with Crippen molar-refractivity contribution in [1.82, 2.24) is 5.32 Å². The van der Waals surface area contributed by atoms with Gasteiger partial charge in [0, 0.05) is 31.3 Å². The lowest BCUT2D eigenvalue weighted by molar-refractivity contribution is -0.114. The number of carbonyl (C=O) groups excluding carboxylic acids is 1. The van der Waals surface area contributed by atoms with E-state index in [0.29, 0.717) is 18.7 Å². The Hall–Kier alpha value is -2.40. The number of benzene rings is 2. The number of anilines is 1. The maximum absolute atomic E-state index is 14.0. The van der Waals surface area contributed by atoms with Gasteiger partial charge in [0.15, 0.2) is 11.6 Å². The van der Waals surface area contributed by atoms with Gasteiger partial charge in [-0.1, -0.05) is 24.3 Å². The Morgan fingerprint density at radius 2 is 1.86 bits per heavy atom. The molecule has 22 heavy (non-hydrogen) atoms. The first-order valence-corrected chi connectivity index (χ1v) is 6.99. The van der Waals surface area contributed by atoms with E-state index in [0.717, 1.165) is 11.3 Å². The normalized spacial score (nSPS) is 10.3. The van der Waals surface area contributed by atoms with Gasteiger partial charge in [0.25, 0.3) is 0 Å². The largest absolute Gasteiger partial charge is 0.494 e. The average molecular weight is 302 g/mol. The molecule has 2 rings (SSSR count). The van der Waals surface area contributed by atoms with Gasteiger partial charge < -0.3 is 15.4 Å². The summed E-state index contributed by atoms with van der Waals surface area (Å²) in [5.41, 5.74) is 2.38. The standard InChI is InChI=1S/C17H19FN2O2/c1-12(21)20-15-8-6-13(7-9-15)10-19-11-14-4-3-5-16(22-2)17(14)18/h3-9,19H,10-11H2,1-2H3,(H,20,21). The summed E-state index contributed by atoms with van der Waals surface area (Å²) < 4.78 is 18.9. The van der Waals surface area contributed by atoms with Crippen molar-refractivity contribution in [1.29, 1.82) is 0 Å². The van der Waals surface area contributed by atoms with E-state index in [-0.39, 0.29) is 17.5 Å². The van der Waals surface area contributed by atoms with Gasteiger partial charge in [-0.15, -0.1) is 0 Å². The Morgan fingerprint density at radius 1 is 1.14 bits per heavy atom. The van der Waals surface area contributed by atoms with E-state index < -0.39 is 0 Å². The van der Waals surface area contributed by atoms with Crippen molar-refractivity contribution in [3.8, 4) is 5.75 Å². The van der Waals surface area contributed by atoms with Crippen molar-refractivity contribution in [2.75, 3.05) is 12.4 Å². The lowest BCUT2D eigenvalue weighted by Gasteiger charge is -2.09. The van der Waals surface area contributed by atoms with Crippen LogP contribution in [0.1, 0.15) is 18.1 Å². The third-order valence-corrected chi connectivity index (χ3v) is 3.18. The van der Waals surface area contributed by atoms with Crippen LogP contribution in [0.4, 0.5) is 10.1 Å². The SMILES string of the molecule is COc1cccc(CNCc2ccc(NC(C)=O)cc2)c1F. The summed E-state index contributed by atoms with van der Waals surface area (Å²) in [4.78, 5) is 10.9. The van der Waals surface area contributed by atoms with E-state index in [2.05, 4.69) is 10.6 Å². The monoisotopic (exact) mass is 302 g/mol. The fourth-order valence-electron chi connectivity index (χ4n) is 2.10. The molecule has 0 bridgehead atoms. The van der Waals surface area contributed by atoms with Gasteiger partial charge in [-0.2, -0.15) is 0 Å². The molecule has 0 fully saturated rings. The minimum Gasteiger partial charge on any atom is -0.494 e. The molecule has 0 aliphatic rings. The Balaban J connectivity index is 1.90. The van der Waals surface area contributed by atoms with Crippen LogP contribution in [0, 0.1) is 5.82 Å². The second kappa shape index (κ2) is 7.56. The molecule has 0 aliphatic carbocycles. The second-order valence-electron chi connectivity index (χ2n) is 4.92. The van der Waals surface area contributed by atoms with Crippen LogP contribution in [0.3, 0.4) is 0 Å². The van der Waals surface area contributed by atoms with Gasteiger partial charge in [-0.3, -0.25) is 4.79 Å². The van der Waals surface area contributed by atoms with Crippen LogP contribution >= 0.6 is 0 Å². The summed E-state index contributed by atoms with van der Waals surface area (Å²) in [5, 5.41) is 5.90. The molecule has 0 radical (unpaired) electrons. The fraction of sp³-hybridized carbons (Fsp3) is 0.235. The number of halogens is 1. The smallest absolute Gasteiger partial charge is 0.221 e. The molecule has 0 heterocycles. The predicted molar refractivity (Wildman–Crippen MR) is 84.2 cm³/mol. The predicted octanol–water partition coefficient (Wildman–Crippen LogP) is 3.08. The molecule has 5 heteroatoms. The van der Waals surface area contributed by atoms with Crippen molar-refractivity contribution in [3.63, 3.8) is 0 Å². The summed E-state index contributed by atoms with van der Waals surface area (Å²) >= 11 is 0. The molecule has 116 valence electrons. The highest BCUT2D eigenvalue weighted by Crippen LogP contribution is 2.19. The van der Waals surface area contributed by atoms with Crippen LogP contribution in [0.25, 0.3) is 0 Å². The average Bonchev–Trinajstić information content (AvgIpc) is 2.50. The lowest BCUT2D eigenvalue weighted by Crippen LogP contribution is -2.14. The number of hydrogen-bond acceptors (Lipinski definition) is 3. The van der Waals surface area contributed by atoms with E-state index >= 15 is 0 Å². The number of rotatable bonds is 6. The maximum Gasteiger partial charge on any atom is 0.221 e. The number of hydrogen-bond donors (Lipinski definition) is 2. The lowest BCUT2D eigenvalue weighted by atomic mass is 10.1. The van der Waals surface area contributed by atoms with Gasteiger partial charge >= 0.3 is 0 Å². The molecule has 0 spiro atoms. The topological polar surface area (TPSA) is 50.4 Å². The molecular weight excluding hydrogens is 283 g/mol. The molecule has 0 saturated carbocycles. The Labute approximate surface area is 129 Å². The van der Waals surface area contributed by atoms with Crippen LogP contribution < -0.4 is 15.4 Å². The first-order valence-electron chi connectivity index (χ1n) is 6.99. The molecule has 0 atom stereocenters. The van der Waals surface area contributed by atoms with Crippen LogP contribution in [0.15, 0.2) is 42.5 Å². The van der Waals surface area contributed by atoms with E-state index in [4.69, 9.17) is 4.74 Å². The minimum absolute atomic E-state index is 0.0978. The molecule has 0 unspecified atom stereocenters. The zero-order valence-corrected chi connectivity index (χ0v) is 12.7. The van der Waals surface area contributed by atoms with Gasteiger partial charge in [-0.25, -0.2) is 4.39 Å². The Bertz CT molecular complexity index is 642. The van der Waals surface area contributed by atoms with E-state index in [1.54, 1.807) is 18.2 Å². The van der Waals surface area contributed by atoms with Gasteiger partial charge in [0.2, 0.25) is 5.91 Å². The third-order valence-electron chi connectivity index (χ3n) is 3.18. The van der Waals surface area contributed by atoms with Crippen LogP contribution in [0.2, 0.25) is 0 Å². The zero-order chi connectivity index (χ0) is 15.9. The first-order chi connectivity index (χ1) is 10.6. The van der Waals surface area contributed by atoms with Crippen LogP contribution in [-0.4, -0.2) is 13.0 Å². The summed E-state index contributed by atoms with van der Waals surface area (Å²) in [6.07, 6.45) is 0. The quantitative estimate of drug-likeness (QED) is 0.862. The van der Waals surface area contributed by atoms with Crippen molar-refractivity contribution in [3.05, 3.63) is 59.4 Å². The van der Waals surface area contributed by atoms with Crippen molar-refractivity contribution >= 4 is 11.6 Å². The molecule has 2 aromatic rings. The Morgan fingerprint density at radius 3 is 2.50 bits per heavy atom. The number of ether oxygens (including phenoxy) is 1. The maximum atomic E-state index is 14.0. The summed E-state index contributed by atoms with van der Waals surface area (Å²) in [6.45, 7) is 2.49. The molecule has 0 aromatic heterocycles. The molecule has 2 N–H and O–H groups in total. The van der Waals surface area contributed by atoms with Gasteiger partial charge in [0.1, 0.15) is 0 Å². The summed E-state index contributed by atoms with van der Waals surface area (Å²) in [6, 6.07) is 12.6. The molecule has 2 aromatic carbocycles. The summed E-state index contributed by atoms with van der Waals surface area (Å²) in [5.74, 6) is -0.183. The highest BCUT2D eigenvalue weighted by atomic mass is 19.1. The van der Waals surface area contributed by atoms with Crippen molar-refractivity contribution in [2.24, 2.45) is 0 Å². The van der Waals surface area contributed by atoms with E-state index in [9.17, 15) is 9.18 Å². The Kier molecular flexibility index (Phi) is 5.49. The highest BCUT2D eigenvalue weighted by Gasteiger charge is 2.07. The summed E-state index contributed by atoms with van der Waals surface area (Å²) in [7, 11) is 1.45. The van der Waals surface area contributed by atoms with Gasteiger partial charge in [-0.05, 0) is 23.8 Å². The molecule has 0 aliphatic heterocycles.